The molecule has 1 aromatic heterocycles. The number of rotatable bonds is 6. The van der Waals surface area contributed by atoms with Crippen LogP contribution < -0.4 is 5.32 Å². The Kier molecular flexibility index (Phi) is 5.10. The molecule has 1 aromatic carbocycles. The number of amides is 1. The number of hydrogen-bond acceptors (Lipinski definition) is 4. The van der Waals surface area contributed by atoms with E-state index in [9.17, 15) is 14.9 Å². The molecule has 1 atom stereocenters. The number of hydrogen-bond donors (Lipinski definition) is 1. The van der Waals surface area contributed by atoms with Gasteiger partial charge in [0.15, 0.2) is 0 Å². The van der Waals surface area contributed by atoms with Gasteiger partial charge in [0.2, 0.25) is 0 Å². The van der Waals surface area contributed by atoms with Crippen molar-refractivity contribution in [3.8, 4) is 0 Å². The summed E-state index contributed by atoms with van der Waals surface area (Å²) in [5, 5.41) is 13.8. The van der Waals surface area contributed by atoms with E-state index in [0.29, 0.717) is 17.7 Å². The van der Waals surface area contributed by atoms with Crippen molar-refractivity contribution in [3.63, 3.8) is 0 Å². The summed E-state index contributed by atoms with van der Waals surface area (Å²) in [5.74, 6) is 0.840. The van der Waals surface area contributed by atoms with Crippen LogP contribution in [0.5, 0.6) is 0 Å². The maximum absolute atomic E-state index is 12.2. The van der Waals surface area contributed by atoms with Gasteiger partial charge in [-0.05, 0) is 25.8 Å². The van der Waals surface area contributed by atoms with E-state index in [2.05, 4.69) is 10.3 Å². The summed E-state index contributed by atoms with van der Waals surface area (Å²) in [6.45, 7) is 6.83. The predicted molar refractivity (Wildman–Crippen MR) is 86.3 cm³/mol. The van der Waals surface area contributed by atoms with Gasteiger partial charge in [-0.1, -0.05) is 13.0 Å². The molecule has 122 valence electrons. The molecule has 0 unspecified atom stereocenters. The molecule has 23 heavy (non-hydrogen) atoms. The highest BCUT2D eigenvalue weighted by molar-refractivity contribution is 5.94. The molecule has 0 bridgehead atoms. The first-order valence-corrected chi connectivity index (χ1v) is 7.39. The number of nitro groups is 1. The first-order chi connectivity index (χ1) is 10.9. The number of aryl methyl sites for hydroxylation is 2. The van der Waals surface area contributed by atoms with Crippen molar-refractivity contribution in [2.24, 2.45) is 5.92 Å². The highest BCUT2D eigenvalue weighted by atomic mass is 16.6. The van der Waals surface area contributed by atoms with E-state index in [4.69, 9.17) is 0 Å². The third kappa shape index (κ3) is 4.15. The van der Waals surface area contributed by atoms with Crippen molar-refractivity contribution in [1.82, 2.24) is 14.9 Å². The standard InChI is InChI=1S/C16H20N4O3/c1-11(10-19-7-6-17-13(19)3)9-18-16(21)14-5-4-12(2)15(8-14)20(22)23/h4-8,11H,9-10H2,1-3H3,(H,18,21)/t11-/m0/s1. The molecule has 0 spiro atoms. The third-order valence-electron chi connectivity index (χ3n) is 3.71. The van der Waals surface area contributed by atoms with Gasteiger partial charge in [-0.25, -0.2) is 4.98 Å². The van der Waals surface area contributed by atoms with Crippen LogP contribution in [0.15, 0.2) is 30.6 Å². The first kappa shape index (κ1) is 16.7. The summed E-state index contributed by atoms with van der Waals surface area (Å²) in [7, 11) is 0. The Morgan fingerprint density at radius 2 is 2.17 bits per heavy atom. The van der Waals surface area contributed by atoms with Crippen LogP contribution in [0, 0.1) is 29.9 Å². The molecule has 0 saturated heterocycles. The number of carbonyl (C=O) groups excluding carboxylic acids is 1. The van der Waals surface area contributed by atoms with E-state index in [1.165, 1.54) is 6.07 Å². The zero-order valence-corrected chi connectivity index (χ0v) is 13.4. The highest BCUT2D eigenvalue weighted by Crippen LogP contribution is 2.19. The quantitative estimate of drug-likeness (QED) is 0.655. The van der Waals surface area contributed by atoms with Gasteiger partial charge in [0.1, 0.15) is 5.82 Å². The molecule has 0 aliphatic carbocycles. The maximum atomic E-state index is 12.2. The number of benzene rings is 1. The Morgan fingerprint density at radius 1 is 1.43 bits per heavy atom. The number of nitrogens with one attached hydrogen (secondary N) is 1. The monoisotopic (exact) mass is 316 g/mol. The first-order valence-electron chi connectivity index (χ1n) is 7.39. The molecule has 1 N–H and O–H groups in total. The lowest BCUT2D eigenvalue weighted by molar-refractivity contribution is -0.385. The molecule has 2 aromatic rings. The third-order valence-corrected chi connectivity index (χ3v) is 3.71. The summed E-state index contributed by atoms with van der Waals surface area (Å²) in [6.07, 6.45) is 3.64. The van der Waals surface area contributed by atoms with E-state index in [1.54, 1.807) is 25.3 Å². The lowest BCUT2D eigenvalue weighted by Gasteiger charge is -2.14. The summed E-state index contributed by atoms with van der Waals surface area (Å²) in [6, 6.07) is 4.50. The second kappa shape index (κ2) is 7.04. The number of nitro benzene ring substituents is 1. The smallest absolute Gasteiger partial charge is 0.273 e. The van der Waals surface area contributed by atoms with Crippen LogP contribution in [-0.2, 0) is 6.54 Å². The second-order valence-electron chi connectivity index (χ2n) is 5.70. The van der Waals surface area contributed by atoms with Crippen molar-refractivity contribution in [3.05, 3.63) is 57.7 Å². The minimum Gasteiger partial charge on any atom is -0.352 e. The largest absolute Gasteiger partial charge is 0.352 e. The van der Waals surface area contributed by atoms with Crippen molar-refractivity contribution in [2.45, 2.75) is 27.3 Å². The van der Waals surface area contributed by atoms with Crippen LogP contribution in [0.25, 0.3) is 0 Å². The van der Waals surface area contributed by atoms with Gasteiger partial charge < -0.3 is 9.88 Å². The van der Waals surface area contributed by atoms with Gasteiger partial charge >= 0.3 is 0 Å². The molecule has 2 rings (SSSR count). The zero-order valence-electron chi connectivity index (χ0n) is 13.4. The van der Waals surface area contributed by atoms with Gasteiger partial charge in [-0.3, -0.25) is 14.9 Å². The highest BCUT2D eigenvalue weighted by Gasteiger charge is 2.15. The Morgan fingerprint density at radius 3 is 2.78 bits per heavy atom. The maximum Gasteiger partial charge on any atom is 0.273 e. The van der Waals surface area contributed by atoms with Gasteiger partial charge in [0.25, 0.3) is 11.6 Å². The predicted octanol–water partition coefficient (Wildman–Crippen LogP) is 2.47. The molecule has 1 amide bonds. The van der Waals surface area contributed by atoms with E-state index < -0.39 is 4.92 Å². The number of carbonyl (C=O) groups is 1. The molecule has 7 heteroatoms. The summed E-state index contributed by atoms with van der Waals surface area (Å²) < 4.78 is 2.02. The van der Waals surface area contributed by atoms with Crippen LogP contribution in [0.2, 0.25) is 0 Å². The number of imidazole rings is 1. The molecule has 0 aliphatic rings. The van der Waals surface area contributed by atoms with Gasteiger partial charge in [0, 0.05) is 42.7 Å². The SMILES string of the molecule is Cc1ccc(C(=O)NC[C@H](C)Cn2ccnc2C)cc1[N+](=O)[O-]. The fourth-order valence-corrected chi connectivity index (χ4v) is 2.31. The molecule has 0 fully saturated rings. The van der Waals surface area contributed by atoms with Crippen molar-refractivity contribution >= 4 is 11.6 Å². The molecular formula is C16H20N4O3. The van der Waals surface area contributed by atoms with Crippen molar-refractivity contribution in [1.29, 1.82) is 0 Å². The van der Waals surface area contributed by atoms with Crippen LogP contribution in [0.3, 0.4) is 0 Å². The zero-order chi connectivity index (χ0) is 17.0. The molecule has 0 saturated carbocycles. The van der Waals surface area contributed by atoms with Gasteiger partial charge in [-0.2, -0.15) is 0 Å². The van der Waals surface area contributed by atoms with E-state index in [-0.39, 0.29) is 17.5 Å². The topological polar surface area (TPSA) is 90.1 Å². The number of aromatic nitrogens is 2. The normalized spacial score (nSPS) is 12.0. The molecule has 7 nitrogen and oxygen atoms in total. The lowest BCUT2D eigenvalue weighted by Crippen LogP contribution is -2.30. The molecular weight excluding hydrogens is 296 g/mol. The Bertz CT molecular complexity index is 724. The van der Waals surface area contributed by atoms with E-state index >= 15 is 0 Å². The Balaban J connectivity index is 1.95. The van der Waals surface area contributed by atoms with Crippen molar-refractivity contribution < 1.29 is 9.72 Å². The Hall–Kier alpha value is -2.70. The van der Waals surface area contributed by atoms with Crippen LogP contribution in [-0.4, -0.2) is 26.9 Å². The minimum atomic E-state index is -0.476. The average molecular weight is 316 g/mol. The summed E-state index contributed by atoms with van der Waals surface area (Å²) >= 11 is 0. The van der Waals surface area contributed by atoms with Crippen LogP contribution in [0.4, 0.5) is 5.69 Å². The molecule has 0 radical (unpaired) electrons. The minimum absolute atomic E-state index is 0.0419. The van der Waals surface area contributed by atoms with Crippen molar-refractivity contribution in [2.75, 3.05) is 6.54 Å². The summed E-state index contributed by atoms with van der Waals surface area (Å²) in [5.41, 5.74) is 0.795. The molecule has 0 aliphatic heterocycles. The fraction of sp³-hybridized carbons (Fsp3) is 0.375. The number of nitrogens with zero attached hydrogens (tertiary/aromatic N) is 3. The van der Waals surface area contributed by atoms with E-state index in [0.717, 1.165) is 12.4 Å². The van der Waals surface area contributed by atoms with Crippen LogP contribution >= 0.6 is 0 Å². The fourth-order valence-electron chi connectivity index (χ4n) is 2.31. The van der Waals surface area contributed by atoms with Gasteiger partial charge in [0.05, 0.1) is 4.92 Å². The average Bonchev–Trinajstić information content (AvgIpc) is 2.90. The molecule has 1 heterocycles. The lowest BCUT2D eigenvalue weighted by atomic mass is 10.1. The summed E-state index contributed by atoms with van der Waals surface area (Å²) in [4.78, 5) is 26.8. The van der Waals surface area contributed by atoms with Gasteiger partial charge in [-0.15, -0.1) is 0 Å². The second-order valence-corrected chi connectivity index (χ2v) is 5.70. The Labute approximate surface area is 134 Å². The van der Waals surface area contributed by atoms with Crippen LogP contribution in [0.1, 0.15) is 28.7 Å². The van der Waals surface area contributed by atoms with E-state index in [1.807, 2.05) is 24.6 Å².